The summed E-state index contributed by atoms with van der Waals surface area (Å²) >= 11 is 0. The number of hydrogen-bond donors (Lipinski definition) is 2. The number of hydrogen-bond acceptors (Lipinski definition) is 4. The molecule has 0 aromatic heterocycles. The van der Waals surface area contributed by atoms with Crippen molar-refractivity contribution in [2.24, 2.45) is 0 Å². The zero-order valence-electron chi connectivity index (χ0n) is 16.4. The molecule has 1 aliphatic heterocycles. The summed E-state index contributed by atoms with van der Waals surface area (Å²) in [5.74, 6) is -0.210. The van der Waals surface area contributed by atoms with E-state index in [-0.39, 0.29) is 11.8 Å². The highest BCUT2D eigenvalue weighted by molar-refractivity contribution is 5.95. The summed E-state index contributed by atoms with van der Waals surface area (Å²) in [6, 6.07) is 17.5. The molecule has 2 aromatic carbocycles. The van der Waals surface area contributed by atoms with Crippen molar-refractivity contribution in [2.75, 3.05) is 44.6 Å². The first-order valence-electron chi connectivity index (χ1n) is 9.74. The van der Waals surface area contributed by atoms with Crippen molar-refractivity contribution in [3.8, 4) is 0 Å². The van der Waals surface area contributed by atoms with Gasteiger partial charge in [0.2, 0.25) is 5.91 Å². The average Bonchev–Trinajstić information content (AvgIpc) is 2.70. The van der Waals surface area contributed by atoms with Gasteiger partial charge >= 0.3 is 0 Å². The van der Waals surface area contributed by atoms with Gasteiger partial charge in [0.05, 0.1) is 0 Å². The maximum Gasteiger partial charge on any atom is 0.251 e. The first-order valence-corrected chi connectivity index (χ1v) is 9.74. The van der Waals surface area contributed by atoms with Gasteiger partial charge in [-0.1, -0.05) is 30.3 Å². The van der Waals surface area contributed by atoms with E-state index < -0.39 is 0 Å². The van der Waals surface area contributed by atoms with Crippen LogP contribution in [-0.2, 0) is 11.3 Å². The summed E-state index contributed by atoms with van der Waals surface area (Å²) in [5.41, 5.74) is 2.65. The Morgan fingerprint density at radius 2 is 1.54 bits per heavy atom. The SMILES string of the molecule is CC(=O)Nc1ccc(C(=O)NCCN2CCN(Cc3ccccc3)CC2)cc1. The standard InChI is InChI=1S/C22H28N4O2/c1-18(27)24-21-9-7-20(8-10-21)22(28)23-11-12-25-13-15-26(16-14-25)17-19-5-3-2-4-6-19/h2-10H,11-17H2,1H3,(H,23,28)(H,24,27). The highest BCUT2D eigenvalue weighted by Crippen LogP contribution is 2.10. The molecule has 1 fully saturated rings. The predicted molar refractivity (Wildman–Crippen MR) is 111 cm³/mol. The molecule has 1 aliphatic rings. The molecule has 6 heteroatoms. The largest absolute Gasteiger partial charge is 0.351 e. The second-order valence-corrected chi connectivity index (χ2v) is 7.12. The Balaban J connectivity index is 1.35. The van der Waals surface area contributed by atoms with Crippen LogP contribution >= 0.6 is 0 Å². The van der Waals surface area contributed by atoms with E-state index in [1.165, 1.54) is 12.5 Å². The molecule has 28 heavy (non-hydrogen) atoms. The Morgan fingerprint density at radius 1 is 0.893 bits per heavy atom. The van der Waals surface area contributed by atoms with Gasteiger partial charge in [0.1, 0.15) is 0 Å². The lowest BCUT2D eigenvalue weighted by molar-refractivity contribution is -0.114. The molecule has 3 rings (SSSR count). The number of carbonyl (C=O) groups excluding carboxylic acids is 2. The molecule has 6 nitrogen and oxygen atoms in total. The van der Waals surface area contributed by atoms with Crippen molar-refractivity contribution < 1.29 is 9.59 Å². The number of piperazine rings is 1. The fourth-order valence-electron chi connectivity index (χ4n) is 3.35. The fourth-order valence-corrected chi connectivity index (χ4v) is 3.35. The molecule has 0 saturated carbocycles. The zero-order chi connectivity index (χ0) is 19.8. The number of benzene rings is 2. The van der Waals surface area contributed by atoms with Gasteiger partial charge in [-0.15, -0.1) is 0 Å². The van der Waals surface area contributed by atoms with Crippen molar-refractivity contribution in [1.29, 1.82) is 0 Å². The molecular formula is C22H28N4O2. The molecule has 0 aliphatic carbocycles. The number of amides is 2. The van der Waals surface area contributed by atoms with Crippen LogP contribution in [0.5, 0.6) is 0 Å². The van der Waals surface area contributed by atoms with E-state index in [0.29, 0.717) is 17.8 Å². The van der Waals surface area contributed by atoms with Crippen LogP contribution in [0.2, 0.25) is 0 Å². The Kier molecular flexibility index (Phi) is 7.17. The summed E-state index contributed by atoms with van der Waals surface area (Å²) in [6.07, 6.45) is 0. The normalized spacial score (nSPS) is 15.2. The lowest BCUT2D eigenvalue weighted by Gasteiger charge is -2.34. The molecule has 2 aromatic rings. The monoisotopic (exact) mass is 380 g/mol. The van der Waals surface area contributed by atoms with Crippen molar-refractivity contribution in [2.45, 2.75) is 13.5 Å². The van der Waals surface area contributed by atoms with Crippen LogP contribution in [0, 0.1) is 0 Å². The van der Waals surface area contributed by atoms with Crippen LogP contribution in [0.25, 0.3) is 0 Å². The Hall–Kier alpha value is -2.70. The third kappa shape index (κ3) is 6.18. The molecule has 2 N–H and O–H groups in total. The van der Waals surface area contributed by atoms with Crippen LogP contribution < -0.4 is 10.6 Å². The van der Waals surface area contributed by atoms with Gasteiger partial charge < -0.3 is 10.6 Å². The quantitative estimate of drug-likeness (QED) is 0.773. The lowest BCUT2D eigenvalue weighted by Crippen LogP contribution is -2.48. The second-order valence-electron chi connectivity index (χ2n) is 7.12. The van der Waals surface area contributed by atoms with Gasteiger partial charge in [0.25, 0.3) is 5.91 Å². The highest BCUT2D eigenvalue weighted by Gasteiger charge is 2.16. The number of anilines is 1. The Bertz CT molecular complexity index is 769. The topological polar surface area (TPSA) is 64.7 Å². The third-order valence-electron chi connectivity index (χ3n) is 4.89. The minimum atomic E-state index is -0.124. The second kappa shape index (κ2) is 10.0. The first-order chi connectivity index (χ1) is 13.6. The molecule has 0 spiro atoms. The molecule has 2 amide bonds. The van der Waals surface area contributed by atoms with Crippen LogP contribution in [-0.4, -0.2) is 60.9 Å². The number of nitrogens with one attached hydrogen (secondary N) is 2. The van der Waals surface area contributed by atoms with Gasteiger partial charge in [-0.25, -0.2) is 0 Å². The van der Waals surface area contributed by atoms with Crippen LogP contribution in [0.3, 0.4) is 0 Å². The zero-order valence-corrected chi connectivity index (χ0v) is 16.4. The molecule has 0 unspecified atom stereocenters. The van der Waals surface area contributed by atoms with E-state index in [9.17, 15) is 9.59 Å². The highest BCUT2D eigenvalue weighted by atomic mass is 16.2. The van der Waals surface area contributed by atoms with E-state index >= 15 is 0 Å². The van der Waals surface area contributed by atoms with E-state index in [1.807, 2.05) is 6.07 Å². The van der Waals surface area contributed by atoms with Crippen LogP contribution in [0.4, 0.5) is 5.69 Å². The fraction of sp³-hybridized carbons (Fsp3) is 0.364. The maximum absolute atomic E-state index is 12.2. The summed E-state index contributed by atoms with van der Waals surface area (Å²) in [4.78, 5) is 28.2. The average molecular weight is 380 g/mol. The molecule has 0 atom stereocenters. The van der Waals surface area contributed by atoms with E-state index in [4.69, 9.17) is 0 Å². The van der Waals surface area contributed by atoms with Crippen LogP contribution in [0.1, 0.15) is 22.8 Å². The smallest absolute Gasteiger partial charge is 0.251 e. The van der Waals surface area contributed by atoms with Gasteiger partial charge in [-0.3, -0.25) is 19.4 Å². The number of rotatable bonds is 7. The summed E-state index contributed by atoms with van der Waals surface area (Å²) in [5, 5.41) is 5.67. The van der Waals surface area contributed by atoms with Crippen molar-refractivity contribution >= 4 is 17.5 Å². The minimum Gasteiger partial charge on any atom is -0.351 e. The lowest BCUT2D eigenvalue weighted by atomic mass is 10.2. The van der Waals surface area contributed by atoms with E-state index in [1.54, 1.807) is 24.3 Å². The van der Waals surface area contributed by atoms with Crippen molar-refractivity contribution in [3.63, 3.8) is 0 Å². The predicted octanol–water partition coefficient (Wildman–Crippen LogP) is 2.19. The summed E-state index contributed by atoms with van der Waals surface area (Å²) in [6.45, 7) is 8.09. The van der Waals surface area contributed by atoms with Gasteiger partial charge in [-0.2, -0.15) is 0 Å². The van der Waals surface area contributed by atoms with Crippen molar-refractivity contribution in [3.05, 3.63) is 65.7 Å². The van der Waals surface area contributed by atoms with Gasteiger partial charge in [0, 0.05) is 64.0 Å². The van der Waals surface area contributed by atoms with E-state index in [0.717, 1.165) is 39.3 Å². The number of carbonyl (C=O) groups is 2. The van der Waals surface area contributed by atoms with Crippen molar-refractivity contribution in [1.82, 2.24) is 15.1 Å². The Labute approximate surface area is 166 Å². The number of nitrogens with zero attached hydrogens (tertiary/aromatic N) is 2. The molecule has 1 heterocycles. The third-order valence-corrected chi connectivity index (χ3v) is 4.89. The summed E-state index contributed by atoms with van der Waals surface area (Å²) < 4.78 is 0. The molecule has 0 bridgehead atoms. The molecular weight excluding hydrogens is 352 g/mol. The minimum absolute atomic E-state index is 0.0860. The van der Waals surface area contributed by atoms with Gasteiger partial charge in [-0.05, 0) is 29.8 Å². The first kappa shape index (κ1) is 20.0. The molecule has 0 radical (unpaired) electrons. The Morgan fingerprint density at radius 3 is 2.18 bits per heavy atom. The maximum atomic E-state index is 12.2. The molecule has 148 valence electrons. The van der Waals surface area contributed by atoms with E-state index in [2.05, 4.69) is 44.7 Å². The molecule has 1 saturated heterocycles. The van der Waals surface area contributed by atoms with Gasteiger partial charge in [0.15, 0.2) is 0 Å². The van der Waals surface area contributed by atoms with Crippen LogP contribution in [0.15, 0.2) is 54.6 Å². The summed E-state index contributed by atoms with van der Waals surface area (Å²) in [7, 11) is 0.